The van der Waals surface area contributed by atoms with E-state index in [-0.39, 0.29) is 27.3 Å². The van der Waals surface area contributed by atoms with Gasteiger partial charge in [-0.25, -0.2) is 0 Å². The van der Waals surface area contributed by atoms with Gasteiger partial charge in [0.2, 0.25) is 0 Å². The number of hydrogen-bond donors (Lipinski definition) is 2. The number of benzene rings is 1. The predicted molar refractivity (Wildman–Crippen MR) is 80.4 cm³/mol. The first-order valence-corrected chi connectivity index (χ1v) is 8.30. The van der Waals surface area contributed by atoms with Crippen LogP contribution in [0.15, 0.2) is 18.2 Å². The second-order valence-electron chi connectivity index (χ2n) is 4.96. The van der Waals surface area contributed by atoms with E-state index in [4.69, 9.17) is 0 Å². The summed E-state index contributed by atoms with van der Waals surface area (Å²) in [4.78, 5) is 23.7. The molecule has 0 atom stereocenters. The summed E-state index contributed by atoms with van der Waals surface area (Å²) < 4.78 is 8.54. The topological polar surface area (TPSA) is 92.2 Å². The monoisotopic (exact) mass is 355 g/mol. The van der Waals surface area contributed by atoms with Gasteiger partial charge in [0.1, 0.15) is 0 Å². The summed E-state index contributed by atoms with van der Waals surface area (Å²) in [7, 11) is 0. The molecule has 0 aliphatic heterocycles. The molecule has 0 spiro atoms. The van der Waals surface area contributed by atoms with Crippen LogP contribution in [0.3, 0.4) is 0 Å². The van der Waals surface area contributed by atoms with Crippen molar-refractivity contribution in [2.45, 2.75) is 33.1 Å². The number of nitrogens with zero attached hydrogens (tertiary/aromatic N) is 2. The Hall–Kier alpha value is -1.72. The third-order valence-corrected chi connectivity index (χ3v) is 5.00. The fraction of sp³-hybridized carbons (Fsp3) is 0.429. The third-order valence-electron chi connectivity index (χ3n) is 3.87. The normalized spacial score (nSPS) is 11.5. The maximum absolute atomic E-state index is 12.2. The first-order valence-electron chi connectivity index (χ1n) is 6.77. The second-order valence-corrected chi connectivity index (χ2v) is 6.06. The van der Waals surface area contributed by atoms with Gasteiger partial charge >= 0.3 is 128 Å². The standard InChI is InChI=1S/C14H17N3O3Se/c1-3-14(4-2,13(19)20)8-11(18)15-9-6-5-7-10-12(9)17-21-16-10/h5-7H,3-4,8H2,1-2H3,(H,15,18)(H,19,20). The average Bonchev–Trinajstić information content (AvgIpc) is 2.94. The van der Waals surface area contributed by atoms with Crippen molar-refractivity contribution < 1.29 is 14.7 Å². The van der Waals surface area contributed by atoms with Gasteiger partial charge in [-0.05, 0) is 0 Å². The first-order chi connectivity index (χ1) is 10.0. The van der Waals surface area contributed by atoms with E-state index < -0.39 is 11.4 Å². The summed E-state index contributed by atoms with van der Waals surface area (Å²) in [5.41, 5.74) is 1.07. The summed E-state index contributed by atoms with van der Waals surface area (Å²) in [6, 6.07) is 5.42. The summed E-state index contributed by atoms with van der Waals surface area (Å²) in [5, 5.41) is 12.2. The second kappa shape index (κ2) is 6.37. The fourth-order valence-electron chi connectivity index (χ4n) is 2.29. The van der Waals surface area contributed by atoms with E-state index in [0.717, 1.165) is 5.52 Å². The molecule has 0 aliphatic carbocycles. The molecular weight excluding hydrogens is 337 g/mol. The molecule has 0 aliphatic rings. The van der Waals surface area contributed by atoms with Gasteiger partial charge in [0.05, 0.1) is 0 Å². The van der Waals surface area contributed by atoms with Crippen LogP contribution >= 0.6 is 0 Å². The Balaban J connectivity index is 2.18. The summed E-state index contributed by atoms with van der Waals surface area (Å²) in [6.07, 6.45) is 0.797. The minimum absolute atomic E-state index is 0.0404. The van der Waals surface area contributed by atoms with Gasteiger partial charge in [0, 0.05) is 0 Å². The molecule has 2 aromatic rings. The van der Waals surface area contributed by atoms with E-state index >= 15 is 0 Å². The predicted octanol–water partition coefficient (Wildman–Crippen LogP) is 1.91. The number of carbonyl (C=O) groups is 2. The fourth-order valence-corrected chi connectivity index (χ4v) is 3.44. The van der Waals surface area contributed by atoms with Gasteiger partial charge in [-0.1, -0.05) is 0 Å². The number of hydrogen-bond acceptors (Lipinski definition) is 4. The Bertz CT molecular complexity index is 664. The van der Waals surface area contributed by atoms with Crippen molar-refractivity contribution in [1.82, 2.24) is 7.96 Å². The summed E-state index contributed by atoms with van der Waals surface area (Å²) in [6.45, 7) is 3.59. The molecule has 0 bridgehead atoms. The van der Waals surface area contributed by atoms with Crippen molar-refractivity contribution in [2.24, 2.45) is 5.41 Å². The number of aromatic nitrogens is 2. The molecule has 1 amide bonds. The van der Waals surface area contributed by atoms with Crippen molar-refractivity contribution >= 4 is 43.6 Å². The Morgan fingerprint density at radius 1 is 1.29 bits per heavy atom. The molecule has 1 aromatic heterocycles. The van der Waals surface area contributed by atoms with Gasteiger partial charge < -0.3 is 0 Å². The number of nitrogens with one attached hydrogen (secondary N) is 1. The first kappa shape index (κ1) is 15.7. The van der Waals surface area contributed by atoms with Crippen molar-refractivity contribution in [2.75, 3.05) is 5.32 Å². The molecule has 21 heavy (non-hydrogen) atoms. The Kier molecular flexibility index (Phi) is 4.75. The molecule has 0 saturated heterocycles. The van der Waals surface area contributed by atoms with E-state index in [9.17, 15) is 14.7 Å². The zero-order chi connectivity index (χ0) is 15.5. The van der Waals surface area contributed by atoms with Gasteiger partial charge in [-0.15, -0.1) is 0 Å². The number of carboxylic acid groups (broad SMARTS) is 1. The Morgan fingerprint density at radius 3 is 2.62 bits per heavy atom. The van der Waals surface area contributed by atoms with E-state index in [1.807, 2.05) is 6.07 Å². The molecule has 112 valence electrons. The molecule has 2 rings (SSSR count). The van der Waals surface area contributed by atoms with Crippen molar-refractivity contribution in [3.8, 4) is 0 Å². The van der Waals surface area contributed by atoms with E-state index in [1.54, 1.807) is 26.0 Å². The van der Waals surface area contributed by atoms with Crippen LogP contribution < -0.4 is 5.32 Å². The molecule has 1 aromatic carbocycles. The van der Waals surface area contributed by atoms with Crippen LogP contribution in [-0.4, -0.2) is 39.9 Å². The number of fused-ring (bicyclic) bond motifs is 1. The van der Waals surface area contributed by atoms with E-state index in [2.05, 4.69) is 13.3 Å². The van der Waals surface area contributed by atoms with Crippen LogP contribution in [0.4, 0.5) is 5.69 Å². The summed E-state index contributed by atoms with van der Waals surface area (Å²) in [5.74, 6) is -1.23. The zero-order valence-corrected chi connectivity index (χ0v) is 13.6. The molecule has 6 nitrogen and oxygen atoms in total. The molecule has 0 saturated carbocycles. The SMILES string of the molecule is CCC(CC)(CC(=O)Nc1cccc2n[se]nc12)C(=O)O. The number of carbonyl (C=O) groups excluding carboxylic acids is 1. The van der Waals surface area contributed by atoms with Gasteiger partial charge in [-0.2, -0.15) is 0 Å². The number of anilines is 1. The van der Waals surface area contributed by atoms with Crippen molar-refractivity contribution in [1.29, 1.82) is 0 Å². The van der Waals surface area contributed by atoms with Gasteiger partial charge in [0.15, 0.2) is 0 Å². The van der Waals surface area contributed by atoms with Crippen LogP contribution in [0.25, 0.3) is 11.0 Å². The Labute approximate surface area is 128 Å². The number of amides is 1. The van der Waals surface area contributed by atoms with Crippen LogP contribution in [0.5, 0.6) is 0 Å². The molecular formula is C14H17N3O3Se. The third kappa shape index (κ3) is 3.14. The number of carboxylic acids is 1. The van der Waals surface area contributed by atoms with Gasteiger partial charge in [-0.3, -0.25) is 0 Å². The maximum atomic E-state index is 12.2. The molecule has 2 N–H and O–H groups in total. The van der Waals surface area contributed by atoms with Crippen LogP contribution in [-0.2, 0) is 9.59 Å². The Morgan fingerprint density at radius 2 is 2.00 bits per heavy atom. The summed E-state index contributed by atoms with van der Waals surface area (Å²) >= 11 is -0.166. The molecule has 7 heteroatoms. The van der Waals surface area contributed by atoms with Crippen LogP contribution in [0, 0.1) is 5.41 Å². The zero-order valence-electron chi connectivity index (χ0n) is 11.9. The average molecular weight is 354 g/mol. The minimum atomic E-state index is -1.01. The number of aliphatic carboxylic acids is 1. The van der Waals surface area contributed by atoms with Crippen LogP contribution in [0.1, 0.15) is 33.1 Å². The van der Waals surface area contributed by atoms with E-state index in [1.165, 1.54) is 0 Å². The van der Waals surface area contributed by atoms with E-state index in [0.29, 0.717) is 24.0 Å². The molecule has 0 fully saturated rings. The van der Waals surface area contributed by atoms with Crippen molar-refractivity contribution in [3.05, 3.63) is 18.2 Å². The van der Waals surface area contributed by atoms with Crippen LogP contribution in [0.2, 0.25) is 0 Å². The number of rotatable bonds is 6. The molecule has 1 heterocycles. The molecule has 0 unspecified atom stereocenters. The van der Waals surface area contributed by atoms with Crippen molar-refractivity contribution in [3.63, 3.8) is 0 Å². The molecule has 0 radical (unpaired) electrons. The quantitative estimate of drug-likeness (QED) is 0.773. The van der Waals surface area contributed by atoms with Gasteiger partial charge in [0.25, 0.3) is 0 Å².